The molecule has 5 rings (SSSR count). The largest absolute Gasteiger partial charge is 0.373 e. The molecule has 7 nitrogen and oxygen atoms in total. The van der Waals surface area contributed by atoms with Gasteiger partial charge in [-0.2, -0.15) is 0 Å². The number of nitrogens with one attached hydrogen (secondary N) is 1. The molecule has 33 heavy (non-hydrogen) atoms. The molecule has 0 unspecified atom stereocenters. The fraction of sp³-hybridized carbons (Fsp3) is 0.192. The first-order valence-electron chi connectivity index (χ1n) is 11.0. The van der Waals surface area contributed by atoms with E-state index in [-0.39, 0.29) is 5.91 Å². The van der Waals surface area contributed by atoms with Gasteiger partial charge in [0.15, 0.2) is 5.82 Å². The molecule has 7 heteroatoms. The molecular formula is C26H24N6O. The summed E-state index contributed by atoms with van der Waals surface area (Å²) in [5.41, 5.74) is 4.88. The minimum absolute atomic E-state index is 0.0907. The first-order chi connectivity index (χ1) is 16.2. The summed E-state index contributed by atoms with van der Waals surface area (Å²) < 4.78 is 0. The molecule has 0 bridgehead atoms. The summed E-state index contributed by atoms with van der Waals surface area (Å²) in [6, 6.07) is 17.3. The Morgan fingerprint density at radius 2 is 1.73 bits per heavy atom. The van der Waals surface area contributed by atoms with Gasteiger partial charge in [-0.25, -0.2) is 9.97 Å². The Balaban J connectivity index is 1.50. The van der Waals surface area contributed by atoms with Crippen LogP contribution >= 0.6 is 0 Å². The summed E-state index contributed by atoms with van der Waals surface area (Å²) in [4.78, 5) is 32.9. The maximum atomic E-state index is 12.8. The topological polar surface area (TPSA) is 83.9 Å². The molecule has 0 radical (unpaired) electrons. The Hall–Kier alpha value is -4.13. The molecule has 1 aliphatic rings. The van der Waals surface area contributed by atoms with Gasteiger partial charge in [0.25, 0.3) is 5.91 Å². The summed E-state index contributed by atoms with van der Waals surface area (Å²) in [5, 5.41) is 3.10. The highest BCUT2D eigenvalue weighted by molar-refractivity contribution is 5.95. The zero-order chi connectivity index (χ0) is 22.6. The van der Waals surface area contributed by atoms with Gasteiger partial charge >= 0.3 is 0 Å². The normalized spacial score (nSPS) is 13.2. The van der Waals surface area contributed by atoms with Crippen LogP contribution < -0.4 is 5.32 Å². The fourth-order valence-electron chi connectivity index (χ4n) is 4.01. The predicted octanol–water partition coefficient (Wildman–Crippen LogP) is 4.55. The highest BCUT2D eigenvalue weighted by Crippen LogP contribution is 2.28. The summed E-state index contributed by atoms with van der Waals surface area (Å²) in [6.07, 6.45) is 7.47. The second-order valence-corrected chi connectivity index (χ2v) is 7.97. The molecule has 1 aliphatic heterocycles. The molecule has 164 valence electrons. The number of carbonyl (C=O) groups is 1. The standard InChI is InChI=1S/C26H24N6O/c1-27-24-15-23(30-25(31-24)22-9-2-3-10-29-22)21-14-20(16-28-17-21)18-7-6-8-19(13-18)26(33)32-11-4-5-12-32/h2-3,6-10,13-17H,4-5,11-12H2,1H3,(H,27,30,31). The summed E-state index contributed by atoms with van der Waals surface area (Å²) >= 11 is 0. The van der Waals surface area contributed by atoms with Crippen LogP contribution in [0, 0.1) is 0 Å². The first-order valence-corrected chi connectivity index (χ1v) is 11.0. The van der Waals surface area contributed by atoms with Crippen LogP contribution in [0.5, 0.6) is 0 Å². The predicted molar refractivity (Wildman–Crippen MR) is 129 cm³/mol. The van der Waals surface area contributed by atoms with Crippen molar-refractivity contribution in [3.63, 3.8) is 0 Å². The van der Waals surface area contributed by atoms with Gasteiger partial charge in [-0.3, -0.25) is 14.8 Å². The molecule has 0 saturated carbocycles. The average molecular weight is 437 g/mol. The number of nitrogens with zero attached hydrogens (tertiary/aromatic N) is 5. The van der Waals surface area contributed by atoms with Crippen LogP contribution in [-0.4, -0.2) is 50.9 Å². The van der Waals surface area contributed by atoms with E-state index in [1.165, 1.54) is 0 Å². The number of anilines is 1. The molecule has 1 amide bonds. The molecule has 4 heterocycles. The highest BCUT2D eigenvalue weighted by Gasteiger charge is 2.19. The zero-order valence-corrected chi connectivity index (χ0v) is 18.4. The smallest absolute Gasteiger partial charge is 0.253 e. The lowest BCUT2D eigenvalue weighted by molar-refractivity contribution is 0.0793. The van der Waals surface area contributed by atoms with Crippen LogP contribution in [0.1, 0.15) is 23.2 Å². The lowest BCUT2D eigenvalue weighted by Gasteiger charge is -2.15. The number of rotatable bonds is 5. The SMILES string of the molecule is CNc1cc(-c2cncc(-c3cccc(C(=O)N4CCCC4)c3)c2)nc(-c2ccccn2)n1. The van der Waals surface area contributed by atoms with E-state index in [4.69, 9.17) is 4.98 Å². The van der Waals surface area contributed by atoms with Gasteiger partial charge in [0.1, 0.15) is 11.5 Å². The van der Waals surface area contributed by atoms with Crippen molar-refractivity contribution < 1.29 is 4.79 Å². The third kappa shape index (κ3) is 4.43. The maximum Gasteiger partial charge on any atom is 0.253 e. The van der Waals surface area contributed by atoms with Gasteiger partial charge in [0, 0.05) is 61.5 Å². The number of likely N-dealkylation sites (tertiary alicyclic amines) is 1. The number of hydrogen-bond acceptors (Lipinski definition) is 6. The Bertz CT molecular complexity index is 1280. The monoisotopic (exact) mass is 436 g/mol. The molecule has 1 N–H and O–H groups in total. The van der Waals surface area contributed by atoms with Gasteiger partial charge in [-0.1, -0.05) is 18.2 Å². The minimum atomic E-state index is 0.0907. The van der Waals surface area contributed by atoms with E-state index in [1.54, 1.807) is 12.4 Å². The average Bonchev–Trinajstić information content (AvgIpc) is 3.44. The molecule has 1 saturated heterocycles. The number of carbonyl (C=O) groups excluding carboxylic acids is 1. The van der Waals surface area contributed by atoms with Crippen molar-refractivity contribution in [2.75, 3.05) is 25.5 Å². The van der Waals surface area contributed by atoms with Gasteiger partial charge < -0.3 is 10.2 Å². The van der Waals surface area contributed by atoms with Crippen molar-refractivity contribution in [2.45, 2.75) is 12.8 Å². The Kier molecular flexibility index (Phi) is 5.76. The lowest BCUT2D eigenvalue weighted by atomic mass is 10.0. The van der Waals surface area contributed by atoms with Crippen molar-refractivity contribution in [3.05, 3.63) is 78.8 Å². The summed E-state index contributed by atoms with van der Waals surface area (Å²) in [6.45, 7) is 1.67. The molecule has 0 atom stereocenters. The van der Waals surface area contributed by atoms with Crippen molar-refractivity contribution >= 4 is 11.7 Å². The van der Waals surface area contributed by atoms with E-state index in [0.29, 0.717) is 22.9 Å². The number of hydrogen-bond donors (Lipinski definition) is 1. The van der Waals surface area contributed by atoms with E-state index in [1.807, 2.05) is 72.7 Å². The van der Waals surface area contributed by atoms with Gasteiger partial charge in [0.2, 0.25) is 0 Å². The summed E-state index contributed by atoms with van der Waals surface area (Å²) in [5.74, 6) is 1.33. The van der Waals surface area contributed by atoms with E-state index < -0.39 is 0 Å². The second kappa shape index (κ2) is 9.16. The number of amides is 1. The molecule has 0 aliphatic carbocycles. The zero-order valence-electron chi connectivity index (χ0n) is 18.4. The number of pyridine rings is 2. The van der Waals surface area contributed by atoms with Crippen LogP contribution in [0.3, 0.4) is 0 Å². The maximum absolute atomic E-state index is 12.8. The van der Waals surface area contributed by atoms with Crippen molar-refractivity contribution in [1.82, 2.24) is 24.8 Å². The first kappa shape index (κ1) is 20.8. The Labute approximate surface area is 192 Å². The van der Waals surface area contributed by atoms with Crippen molar-refractivity contribution in [1.29, 1.82) is 0 Å². The van der Waals surface area contributed by atoms with Crippen molar-refractivity contribution in [3.8, 4) is 33.9 Å². The molecule has 0 spiro atoms. The molecule has 4 aromatic rings. The van der Waals surface area contributed by atoms with Crippen LogP contribution in [-0.2, 0) is 0 Å². The molecule has 3 aromatic heterocycles. The summed E-state index contributed by atoms with van der Waals surface area (Å²) in [7, 11) is 1.83. The number of benzene rings is 1. The third-order valence-corrected chi connectivity index (χ3v) is 5.75. The molecule has 1 aromatic carbocycles. The van der Waals surface area contributed by atoms with Crippen LogP contribution in [0.15, 0.2) is 73.2 Å². The minimum Gasteiger partial charge on any atom is -0.373 e. The molecular weight excluding hydrogens is 412 g/mol. The molecule has 1 fully saturated rings. The Morgan fingerprint density at radius 3 is 2.52 bits per heavy atom. The van der Waals surface area contributed by atoms with Gasteiger partial charge in [0.05, 0.1) is 5.69 Å². The highest BCUT2D eigenvalue weighted by atomic mass is 16.2. The van der Waals surface area contributed by atoms with Crippen LogP contribution in [0.2, 0.25) is 0 Å². The quantitative estimate of drug-likeness (QED) is 0.494. The van der Waals surface area contributed by atoms with Gasteiger partial charge in [-0.15, -0.1) is 0 Å². The Morgan fingerprint density at radius 1 is 0.879 bits per heavy atom. The lowest BCUT2D eigenvalue weighted by Crippen LogP contribution is -2.27. The third-order valence-electron chi connectivity index (χ3n) is 5.75. The van der Waals surface area contributed by atoms with E-state index >= 15 is 0 Å². The van der Waals surface area contributed by atoms with E-state index in [0.717, 1.165) is 48.3 Å². The van der Waals surface area contributed by atoms with Crippen LogP contribution in [0.25, 0.3) is 33.9 Å². The van der Waals surface area contributed by atoms with Crippen molar-refractivity contribution in [2.24, 2.45) is 0 Å². The van der Waals surface area contributed by atoms with E-state index in [9.17, 15) is 4.79 Å². The second-order valence-electron chi connectivity index (χ2n) is 7.97. The van der Waals surface area contributed by atoms with E-state index in [2.05, 4.69) is 20.3 Å². The number of aromatic nitrogens is 4. The fourth-order valence-corrected chi connectivity index (χ4v) is 4.01. The van der Waals surface area contributed by atoms with Crippen LogP contribution in [0.4, 0.5) is 5.82 Å². The van der Waals surface area contributed by atoms with Gasteiger partial charge in [-0.05, 0) is 48.7 Å².